The predicted octanol–water partition coefficient (Wildman–Crippen LogP) is 2.64. The number of hydrogen-bond acceptors (Lipinski definition) is 5. The average Bonchev–Trinajstić information content (AvgIpc) is 2.81. The number of thiazole rings is 1. The van der Waals surface area contributed by atoms with Gasteiger partial charge in [-0.1, -0.05) is 11.3 Å². The van der Waals surface area contributed by atoms with E-state index < -0.39 is 5.97 Å². The van der Waals surface area contributed by atoms with Crippen LogP contribution in [0.25, 0.3) is 0 Å². The number of carboxylic acids is 1. The van der Waals surface area contributed by atoms with Gasteiger partial charge in [0.1, 0.15) is 17.1 Å². The fourth-order valence-electron chi connectivity index (χ4n) is 1.25. The highest BCUT2D eigenvalue weighted by Gasteiger charge is 2.14. The highest BCUT2D eigenvalue weighted by Crippen LogP contribution is 2.30. The van der Waals surface area contributed by atoms with E-state index in [1.807, 2.05) is 0 Å². The molecule has 0 bridgehead atoms. The van der Waals surface area contributed by atoms with Gasteiger partial charge in [0.05, 0.1) is 7.11 Å². The molecule has 0 aliphatic carbocycles. The summed E-state index contributed by atoms with van der Waals surface area (Å²) in [6.07, 6.45) is 1.58. The first-order valence-electron chi connectivity index (χ1n) is 4.69. The Labute approximate surface area is 101 Å². The number of ether oxygens (including phenoxy) is 2. The standard InChI is InChI=1S/C11H9NO4S/c1-15-7-2-3-8(10(13)14)9(6-7)16-11-12-4-5-17-11/h2-6H,1H3,(H,13,14). The first-order valence-corrected chi connectivity index (χ1v) is 5.57. The lowest BCUT2D eigenvalue weighted by Gasteiger charge is -2.07. The lowest BCUT2D eigenvalue weighted by atomic mass is 10.2. The van der Waals surface area contributed by atoms with E-state index in [9.17, 15) is 4.79 Å². The molecule has 17 heavy (non-hydrogen) atoms. The van der Waals surface area contributed by atoms with Gasteiger partial charge in [0.2, 0.25) is 0 Å². The Kier molecular flexibility index (Phi) is 3.24. The van der Waals surface area contributed by atoms with Crippen molar-refractivity contribution in [2.24, 2.45) is 0 Å². The van der Waals surface area contributed by atoms with E-state index >= 15 is 0 Å². The molecule has 0 saturated heterocycles. The summed E-state index contributed by atoms with van der Waals surface area (Å²) in [5, 5.41) is 11.2. The van der Waals surface area contributed by atoms with E-state index in [2.05, 4.69) is 4.98 Å². The number of carbonyl (C=O) groups is 1. The third-order valence-corrected chi connectivity index (χ3v) is 2.67. The summed E-state index contributed by atoms with van der Waals surface area (Å²) < 4.78 is 10.4. The van der Waals surface area contributed by atoms with Crippen LogP contribution in [0.2, 0.25) is 0 Å². The zero-order valence-corrected chi connectivity index (χ0v) is 9.73. The Morgan fingerprint density at radius 3 is 2.88 bits per heavy atom. The van der Waals surface area contributed by atoms with Crippen molar-refractivity contribution in [1.29, 1.82) is 0 Å². The van der Waals surface area contributed by atoms with Gasteiger partial charge >= 0.3 is 5.97 Å². The zero-order chi connectivity index (χ0) is 12.3. The van der Waals surface area contributed by atoms with Crippen molar-refractivity contribution in [3.63, 3.8) is 0 Å². The zero-order valence-electron chi connectivity index (χ0n) is 8.91. The smallest absolute Gasteiger partial charge is 0.339 e. The molecule has 1 N–H and O–H groups in total. The Morgan fingerprint density at radius 2 is 2.29 bits per heavy atom. The van der Waals surface area contributed by atoms with E-state index in [1.54, 1.807) is 17.6 Å². The molecule has 1 aromatic heterocycles. The number of methoxy groups -OCH3 is 1. The molecule has 88 valence electrons. The largest absolute Gasteiger partial charge is 0.497 e. The first kappa shape index (κ1) is 11.4. The second kappa shape index (κ2) is 4.84. The highest BCUT2D eigenvalue weighted by atomic mass is 32.1. The maximum absolute atomic E-state index is 11.0. The summed E-state index contributed by atoms with van der Waals surface area (Å²) in [4.78, 5) is 14.9. The normalized spacial score (nSPS) is 9.94. The van der Waals surface area contributed by atoms with Crippen LogP contribution in [0, 0.1) is 0 Å². The molecule has 0 aliphatic rings. The molecule has 0 spiro atoms. The van der Waals surface area contributed by atoms with Crippen molar-refractivity contribution in [2.75, 3.05) is 7.11 Å². The molecule has 0 saturated carbocycles. The first-order chi connectivity index (χ1) is 8.20. The molecule has 2 rings (SSSR count). The van der Waals surface area contributed by atoms with Gasteiger partial charge < -0.3 is 14.6 Å². The molecule has 0 radical (unpaired) electrons. The third kappa shape index (κ3) is 2.54. The number of carboxylic acid groups (broad SMARTS) is 1. The van der Waals surface area contributed by atoms with Gasteiger partial charge in [0, 0.05) is 17.6 Å². The lowest BCUT2D eigenvalue weighted by Crippen LogP contribution is -2.00. The van der Waals surface area contributed by atoms with Crippen LogP contribution >= 0.6 is 11.3 Å². The fraction of sp³-hybridized carbons (Fsp3) is 0.0909. The minimum atomic E-state index is -1.06. The molecule has 0 aliphatic heterocycles. The molecular weight excluding hydrogens is 242 g/mol. The van der Waals surface area contributed by atoms with Crippen molar-refractivity contribution in [3.05, 3.63) is 35.3 Å². The molecule has 1 heterocycles. The number of rotatable bonds is 4. The minimum absolute atomic E-state index is 0.0704. The molecule has 6 heteroatoms. The summed E-state index contributed by atoms with van der Waals surface area (Å²) in [6.45, 7) is 0. The van der Waals surface area contributed by atoms with Gasteiger partial charge in [-0.3, -0.25) is 0 Å². The van der Waals surface area contributed by atoms with Crippen molar-refractivity contribution in [1.82, 2.24) is 4.98 Å². The van der Waals surface area contributed by atoms with Gasteiger partial charge in [0.15, 0.2) is 0 Å². The number of benzene rings is 1. The summed E-state index contributed by atoms with van der Waals surface area (Å²) in [6, 6.07) is 4.52. The third-order valence-electron chi connectivity index (χ3n) is 2.03. The van der Waals surface area contributed by atoms with Crippen LogP contribution in [0.5, 0.6) is 16.7 Å². The van der Waals surface area contributed by atoms with Gasteiger partial charge in [-0.05, 0) is 12.1 Å². The van der Waals surface area contributed by atoms with Crippen LogP contribution in [0.4, 0.5) is 0 Å². The maximum Gasteiger partial charge on any atom is 0.339 e. The van der Waals surface area contributed by atoms with Crippen LogP contribution in [-0.2, 0) is 0 Å². The van der Waals surface area contributed by atoms with E-state index in [0.29, 0.717) is 10.9 Å². The summed E-state index contributed by atoms with van der Waals surface area (Å²) in [5.41, 5.74) is 0.0704. The lowest BCUT2D eigenvalue weighted by molar-refractivity contribution is 0.0694. The van der Waals surface area contributed by atoms with E-state index in [-0.39, 0.29) is 11.3 Å². The molecule has 0 unspecified atom stereocenters. The average molecular weight is 251 g/mol. The topological polar surface area (TPSA) is 68.7 Å². The fourth-order valence-corrected chi connectivity index (χ4v) is 1.74. The SMILES string of the molecule is COc1ccc(C(=O)O)c(Oc2nccs2)c1. The molecule has 0 atom stereocenters. The van der Waals surface area contributed by atoms with Crippen LogP contribution in [0.15, 0.2) is 29.8 Å². The van der Waals surface area contributed by atoms with Gasteiger partial charge in [-0.25, -0.2) is 9.78 Å². The van der Waals surface area contributed by atoms with Crippen LogP contribution in [0.3, 0.4) is 0 Å². The Balaban J connectivity index is 2.38. The van der Waals surface area contributed by atoms with Crippen molar-refractivity contribution < 1.29 is 19.4 Å². The van der Waals surface area contributed by atoms with Gasteiger partial charge in [0.25, 0.3) is 5.19 Å². The second-order valence-electron chi connectivity index (χ2n) is 3.07. The van der Waals surface area contributed by atoms with E-state index in [0.717, 1.165) is 0 Å². The number of hydrogen-bond donors (Lipinski definition) is 1. The van der Waals surface area contributed by atoms with Crippen molar-refractivity contribution >= 4 is 17.3 Å². The van der Waals surface area contributed by atoms with Crippen molar-refractivity contribution in [2.45, 2.75) is 0 Å². The Hall–Kier alpha value is -2.08. The summed E-state index contributed by atoms with van der Waals surface area (Å²) in [7, 11) is 1.50. The van der Waals surface area contributed by atoms with Gasteiger partial charge in [-0.15, -0.1) is 0 Å². The Morgan fingerprint density at radius 1 is 1.47 bits per heavy atom. The summed E-state index contributed by atoms with van der Waals surface area (Å²) in [5.74, 6) is -0.312. The quantitative estimate of drug-likeness (QED) is 0.904. The molecule has 1 aromatic carbocycles. The number of aromatic nitrogens is 1. The number of aromatic carboxylic acids is 1. The molecule has 5 nitrogen and oxygen atoms in total. The predicted molar refractivity (Wildman–Crippen MR) is 62.1 cm³/mol. The Bertz CT molecular complexity index is 524. The molecule has 0 fully saturated rings. The number of nitrogens with zero attached hydrogens (tertiary/aromatic N) is 1. The van der Waals surface area contributed by atoms with E-state index in [4.69, 9.17) is 14.6 Å². The second-order valence-corrected chi connectivity index (χ2v) is 3.92. The molecule has 2 aromatic rings. The van der Waals surface area contributed by atoms with Crippen LogP contribution in [0.1, 0.15) is 10.4 Å². The van der Waals surface area contributed by atoms with E-state index in [1.165, 1.54) is 30.6 Å². The highest BCUT2D eigenvalue weighted by molar-refractivity contribution is 7.11. The minimum Gasteiger partial charge on any atom is -0.497 e. The maximum atomic E-state index is 11.0. The van der Waals surface area contributed by atoms with Crippen molar-refractivity contribution in [3.8, 4) is 16.7 Å². The molecule has 0 amide bonds. The van der Waals surface area contributed by atoms with Crippen LogP contribution in [-0.4, -0.2) is 23.2 Å². The van der Waals surface area contributed by atoms with Crippen LogP contribution < -0.4 is 9.47 Å². The summed E-state index contributed by atoms with van der Waals surface area (Å²) >= 11 is 1.28. The molecular formula is C11H9NO4S. The van der Waals surface area contributed by atoms with Gasteiger partial charge in [-0.2, -0.15) is 0 Å². The monoisotopic (exact) mass is 251 g/mol.